The molecule has 0 saturated carbocycles. The molecule has 0 spiro atoms. The van der Waals surface area contributed by atoms with E-state index < -0.39 is 16.0 Å². The number of carbonyl (C=O) groups is 1. The van der Waals surface area contributed by atoms with Crippen LogP contribution in [0, 0.1) is 0 Å². The first kappa shape index (κ1) is 13.2. The average Bonchev–Trinajstić information content (AvgIpc) is 2.96. The van der Waals surface area contributed by atoms with Crippen LogP contribution in [0.1, 0.15) is 4.88 Å². The number of anilines is 1. The van der Waals surface area contributed by atoms with E-state index in [-0.39, 0.29) is 10.2 Å². The highest BCUT2D eigenvalue weighted by molar-refractivity contribution is 7.92. The van der Waals surface area contributed by atoms with E-state index in [4.69, 9.17) is 5.11 Å². The number of aromatic amines is 1. The summed E-state index contributed by atoms with van der Waals surface area (Å²) >= 11 is 1.01. The average molecular weight is 300 g/mol. The monoisotopic (exact) mass is 300 g/mol. The molecule has 0 aliphatic carbocycles. The molecule has 0 aliphatic heterocycles. The van der Waals surface area contributed by atoms with Crippen LogP contribution < -0.4 is 4.72 Å². The molecule has 0 saturated heterocycles. The number of carboxylic acid groups (broad SMARTS) is 1. The maximum Gasteiger partial charge on any atom is 0.328 e. The Kier molecular flexibility index (Phi) is 3.62. The normalized spacial score (nSPS) is 11.8. The Hall–Kier alpha value is -2.20. The Labute approximate surface area is 111 Å². The van der Waals surface area contributed by atoms with Crippen LogP contribution in [0.4, 0.5) is 5.13 Å². The lowest BCUT2D eigenvalue weighted by molar-refractivity contribution is -0.131. The van der Waals surface area contributed by atoms with Gasteiger partial charge in [0.25, 0.3) is 10.0 Å². The van der Waals surface area contributed by atoms with E-state index in [1.165, 1.54) is 24.5 Å². The molecule has 10 heteroatoms. The summed E-state index contributed by atoms with van der Waals surface area (Å²) < 4.78 is 25.9. The van der Waals surface area contributed by atoms with Gasteiger partial charge in [0.2, 0.25) is 0 Å². The number of aromatic nitrogens is 3. The van der Waals surface area contributed by atoms with Crippen LogP contribution in [0.25, 0.3) is 6.08 Å². The van der Waals surface area contributed by atoms with Gasteiger partial charge in [0.1, 0.15) is 0 Å². The van der Waals surface area contributed by atoms with Gasteiger partial charge in [-0.1, -0.05) is 11.3 Å². The summed E-state index contributed by atoms with van der Waals surface area (Å²) in [6, 6.07) is 1.31. The minimum atomic E-state index is -3.75. The molecule has 0 fully saturated rings. The fourth-order valence-corrected chi connectivity index (χ4v) is 3.00. The highest BCUT2D eigenvalue weighted by Crippen LogP contribution is 2.21. The smallest absolute Gasteiger partial charge is 0.328 e. The lowest BCUT2D eigenvalue weighted by atomic mass is 10.4. The fourth-order valence-electron chi connectivity index (χ4n) is 1.13. The molecule has 0 atom stereocenters. The van der Waals surface area contributed by atoms with Gasteiger partial charge >= 0.3 is 5.97 Å². The largest absolute Gasteiger partial charge is 0.478 e. The molecule has 0 bridgehead atoms. The maximum absolute atomic E-state index is 11.8. The van der Waals surface area contributed by atoms with E-state index in [1.807, 2.05) is 0 Å². The first-order valence-electron chi connectivity index (χ1n) is 4.86. The Bertz CT molecular complexity index is 702. The second kappa shape index (κ2) is 5.20. The van der Waals surface area contributed by atoms with Crippen LogP contribution in [-0.2, 0) is 14.8 Å². The molecule has 0 unspecified atom stereocenters. The third-order valence-electron chi connectivity index (χ3n) is 1.90. The van der Waals surface area contributed by atoms with E-state index in [9.17, 15) is 13.2 Å². The Balaban J connectivity index is 2.15. The van der Waals surface area contributed by atoms with Gasteiger partial charge in [0, 0.05) is 17.2 Å². The number of carboxylic acids is 1. The first-order chi connectivity index (χ1) is 8.97. The van der Waals surface area contributed by atoms with Crippen molar-refractivity contribution in [3.05, 3.63) is 29.4 Å². The molecule has 0 aliphatic rings. The zero-order valence-electron chi connectivity index (χ0n) is 9.27. The highest BCUT2D eigenvalue weighted by Gasteiger charge is 2.17. The molecule has 3 N–H and O–H groups in total. The summed E-state index contributed by atoms with van der Waals surface area (Å²) in [5, 5.41) is 14.4. The molecule has 0 radical (unpaired) electrons. The van der Waals surface area contributed by atoms with Crippen molar-refractivity contribution in [1.82, 2.24) is 15.2 Å². The standard InChI is InChI=1S/C9H8N4O4S2/c14-8(15)2-1-6-5-10-9(18-6)13-19(16,17)7-3-4-11-12-7/h1-5H,(H,10,13)(H,11,12)(H,14,15)/b2-1+. The third-order valence-corrected chi connectivity index (χ3v) is 4.18. The molecular formula is C9H8N4O4S2. The predicted molar refractivity (Wildman–Crippen MR) is 68.2 cm³/mol. The number of rotatable bonds is 5. The number of sulfonamides is 1. The maximum atomic E-state index is 11.8. The van der Waals surface area contributed by atoms with Crippen molar-refractivity contribution in [2.75, 3.05) is 4.72 Å². The number of nitrogens with one attached hydrogen (secondary N) is 2. The van der Waals surface area contributed by atoms with Gasteiger partial charge in [-0.15, -0.1) is 0 Å². The summed E-state index contributed by atoms with van der Waals surface area (Å²) in [7, 11) is -3.75. The van der Waals surface area contributed by atoms with Gasteiger partial charge < -0.3 is 5.11 Å². The zero-order chi connectivity index (χ0) is 13.9. The molecular weight excluding hydrogens is 292 g/mol. The Morgan fingerprint density at radius 2 is 2.32 bits per heavy atom. The fraction of sp³-hybridized carbons (Fsp3) is 0. The van der Waals surface area contributed by atoms with E-state index in [0.29, 0.717) is 4.88 Å². The van der Waals surface area contributed by atoms with Gasteiger partial charge in [-0.2, -0.15) is 13.5 Å². The molecule has 2 rings (SSSR count). The number of H-pyrrole nitrogens is 1. The van der Waals surface area contributed by atoms with E-state index in [1.54, 1.807) is 0 Å². The highest BCUT2D eigenvalue weighted by atomic mass is 32.2. The van der Waals surface area contributed by atoms with Crippen molar-refractivity contribution in [2.24, 2.45) is 0 Å². The topological polar surface area (TPSA) is 125 Å². The Morgan fingerprint density at radius 3 is 2.95 bits per heavy atom. The van der Waals surface area contributed by atoms with E-state index in [0.717, 1.165) is 17.4 Å². The number of nitrogens with zero attached hydrogens (tertiary/aromatic N) is 2. The molecule has 2 heterocycles. The van der Waals surface area contributed by atoms with Crippen LogP contribution in [0.15, 0.2) is 29.6 Å². The summed E-state index contributed by atoms with van der Waals surface area (Å²) in [5.41, 5.74) is 0. The lowest BCUT2D eigenvalue weighted by Crippen LogP contribution is -2.13. The summed E-state index contributed by atoms with van der Waals surface area (Å²) in [6.07, 6.45) is 4.96. The van der Waals surface area contributed by atoms with Gasteiger partial charge in [-0.25, -0.2) is 9.78 Å². The molecule has 0 amide bonds. The molecule has 2 aromatic heterocycles. The predicted octanol–water partition coefficient (Wildman–Crippen LogP) is 0.765. The molecule has 8 nitrogen and oxygen atoms in total. The summed E-state index contributed by atoms with van der Waals surface area (Å²) in [4.78, 5) is 14.7. The van der Waals surface area contributed by atoms with Crippen molar-refractivity contribution >= 4 is 38.5 Å². The van der Waals surface area contributed by atoms with Crippen molar-refractivity contribution in [1.29, 1.82) is 0 Å². The summed E-state index contributed by atoms with van der Waals surface area (Å²) in [6.45, 7) is 0. The van der Waals surface area contributed by atoms with Crippen LogP contribution in [0.5, 0.6) is 0 Å². The SMILES string of the molecule is O=C(O)/C=C/c1cnc(NS(=O)(=O)c2ccn[nH]2)s1. The number of hydrogen-bond donors (Lipinski definition) is 3. The van der Waals surface area contributed by atoms with Crippen molar-refractivity contribution in [3.63, 3.8) is 0 Å². The van der Waals surface area contributed by atoms with Gasteiger partial charge in [-0.05, 0) is 12.1 Å². The van der Waals surface area contributed by atoms with Gasteiger partial charge in [-0.3, -0.25) is 9.82 Å². The van der Waals surface area contributed by atoms with Crippen molar-refractivity contribution in [2.45, 2.75) is 5.03 Å². The number of thiazole rings is 1. The Morgan fingerprint density at radius 1 is 1.53 bits per heavy atom. The number of hydrogen-bond acceptors (Lipinski definition) is 6. The first-order valence-corrected chi connectivity index (χ1v) is 7.16. The van der Waals surface area contributed by atoms with E-state index in [2.05, 4.69) is 19.9 Å². The number of aliphatic carboxylic acids is 1. The van der Waals surface area contributed by atoms with Gasteiger partial charge in [0.05, 0.1) is 6.20 Å². The van der Waals surface area contributed by atoms with Crippen LogP contribution in [0.3, 0.4) is 0 Å². The third kappa shape index (κ3) is 3.39. The minimum absolute atomic E-state index is 0.0784. The van der Waals surface area contributed by atoms with Crippen molar-refractivity contribution < 1.29 is 18.3 Å². The zero-order valence-corrected chi connectivity index (χ0v) is 10.9. The van der Waals surface area contributed by atoms with Crippen LogP contribution in [-0.4, -0.2) is 34.7 Å². The quantitative estimate of drug-likeness (QED) is 0.700. The summed E-state index contributed by atoms with van der Waals surface area (Å²) in [5.74, 6) is -1.09. The van der Waals surface area contributed by atoms with Gasteiger partial charge in [0.15, 0.2) is 10.2 Å². The molecule has 100 valence electrons. The lowest BCUT2D eigenvalue weighted by Gasteiger charge is -2.00. The molecule has 19 heavy (non-hydrogen) atoms. The van der Waals surface area contributed by atoms with E-state index >= 15 is 0 Å². The minimum Gasteiger partial charge on any atom is -0.478 e. The molecule has 2 aromatic rings. The second-order valence-electron chi connectivity index (χ2n) is 3.27. The van der Waals surface area contributed by atoms with Crippen molar-refractivity contribution in [3.8, 4) is 0 Å². The second-order valence-corrected chi connectivity index (χ2v) is 5.98. The van der Waals surface area contributed by atoms with Crippen LogP contribution in [0.2, 0.25) is 0 Å². The molecule has 0 aromatic carbocycles. The van der Waals surface area contributed by atoms with Crippen LogP contribution >= 0.6 is 11.3 Å².